The molecule has 0 N–H and O–H groups in total. The predicted octanol–water partition coefficient (Wildman–Crippen LogP) is 3.46. The van der Waals surface area contributed by atoms with Crippen molar-refractivity contribution in [3.05, 3.63) is 47.4 Å². The van der Waals surface area contributed by atoms with E-state index >= 15 is 0 Å². The maximum absolute atomic E-state index is 5.84. The van der Waals surface area contributed by atoms with E-state index in [9.17, 15) is 0 Å². The average molecular weight is 291 g/mol. The van der Waals surface area contributed by atoms with Crippen LogP contribution in [0.4, 0.5) is 0 Å². The van der Waals surface area contributed by atoms with Crippen LogP contribution in [0, 0.1) is 0 Å². The van der Waals surface area contributed by atoms with E-state index in [0.29, 0.717) is 27.9 Å². The summed E-state index contributed by atoms with van der Waals surface area (Å²) in [6.45, 7) is 0.209. The topological polar surface area (TPSA) is 57.4 Å². The summed E-state index contributed by atoms with van der Waals surface area (Å²) < 4.78 is 16.2. The number of ether oxygens (including phenoxy) is 2. The third kappa shape index (κ3) is 2.67. The Morgan fingerprint density at radius 1 is 1.25 bits per heavy atom. The molecule has 0 amide bonds. The molecule has 0 saturated heterocycles. The second-order valence-electron chi connectivity index (χ2n) is 4.05. The van der Waals surface area contributed by atoms with Gasteiger partial charge in [0.2, 0.25) is 11.6 Å². The maximum Gasteiger partial charge on any atom is 0.247 e. The van der Waals surface area contributed by atoms with Crippen LogP contribution >= 0.6 is 11.6 Å². The summed E-state index contributed by atoms with van der Waals surface area (Å²) in [6, 6.07) is 9.01. The first-order chi connectivity index (χ1) is 9.74. The van der Waals surface area contributed by atoms with Gasteiger partial charge in [-0.05, 0) is 18.2 Å². The highest BCUT2D eigenvalue weighted by Gasteiger charge is 2.08. The summed E-state index contributed by atoms with van der Waals surface area (Å²) in [5, 5.41) is 0.520. The van der Waals surface area contributed by atoms with E-state index in [0.717, 1.165) is 5.75 Å². The molecule has 0 atom stereocenters. The summed E-state index contributed by atoms with van der Waals surface area (Å²) in [5.41, 5.74) is 1.06. The van der Waals surface area contributed by atoms with Crippen LogP contribution in [-0.4, -0.2) is 17.1 Å². The van der Waals surface area contributed by atoms with Gasteiger partial charge in [0.05, 0.1) is 12.1 Å². The normalized spacial score (nSPS) is 10.7. The number of hydrogen-bond acceptors (Lipinski definition) is 5. The number of methoxy groups -OCH3 is 1. The number of benzene rings is 1. The Balaban J connectivity index is 1.76. The van der Waals surface area contributed by atoms with Crippen molar-refractivity contribution in [2.75, 3.05) is 7.11 Å². The SMILES string of the molecule is COc1cccc(OCc2nc3cc(Cl)cnc3o2)c1. The standard InChI is InChI=1S/C14H11ClN2O3/c1-18-10-3-2-4-11(6-10)19-8-13-17-12-5-9(15)7-16-14(12)20-13/h2-7H,8H2,1H3. The highest BCUT2D eigenvalue weighted by atomic mass is 35.5. The fourth-order valence-electron chi connectivity index (χ4n) is 1.74. The minimum absolute atomic E-state index is 0.209. The van der Waals surface area contributed by atoms with E-state index in [-0.39, 0.29) is 6.61 Å². The molecule has 3 aromatic rings. The Kier molecular flexibility index (Phi) is 3.43. The zero-order valence-electron chi connectivity index (χ0n) is 10.7. The minimum atomic E-state index is 0.209. The third-order valence-corrected chi connectivity index (χ3v) is 2.87. The van der Waals surface area contributed by atoms with Crippen LogP contribution in [0.5, 0.6) is 11.5 Å². The fraction of sp³-hybridized carbons (Fsp3) is 0.143. The van der Waals surface area contributed by atoms with Gasteiger partial charge in [0.25, 0.3) is 0 Å². The molecule has 0 bridgehead atoms. The third-order valence-electron chi connectivity index (χ3n) is 2.66. The molecule has 2 heterocycles. The van der Waals surface area contributed by atoms with Crippen molar-refractivity contribution in [2.45, 2.75) is 6.61 Å². The molecule has 0 aliphatic carbocycles. The Morgan fingerprint density at radius 2 is 2.10 bits per heavy atom. The van der Waals surface area contributed by atoms with E-state index in [1.165, 1.54) is 6.20 Å². The molecule has 20 heavy (non-hydrogen) atoms. The van der Waals surface area contributed by atoms with Gasteiger partial charge in [-0.2, -0.15) is 0 Å². The van der Waals surface area contributed by atoms with E-state index in [4.69, 9.17) is 25.5 Å². The van der Waals surface area contributed by atoms with Crippen LogP contribution in [0.25, 0.3) is 11.2 Å². The Hall–Kier alpha value is -2.27. The number of fused-ring (bicyclic) bond motifs is 1. The molecule has 2 aromatic heterocycles. The predicted molar refractivity (Wildman–Crippen MR) is 74.1 cm³/mol. The second-order valence-corrected chi connectivity index (χ2v) is 4.49. The van der Waals surface area contributed by atoms with Crippen LogP contribution in [-0.2, 0) is 6.61 Å². The molecule has 1 aromatic carbocycles. The molecule has 5 nitrogen and oxygen atoms in total. The second kappa shape index (κ2) is 5.38. The molecule has 0 radical (unpaired) electrons. The summed E-state index contributed by atoms with van der Waals surface area (Å²) in [7, 11) is 1.61. The number of rotatable bonds is 4. The molecule has 0 aliphatic heterocycles. The van der Waals surface area contributed by atoms with E-state index in [1.54, 1.807) is 19.2 Å². The smallest absolute Gasteiger partial charge is 0.247 e. The van der Waals surface area contributed by atoms with E-state index in [1.807, 2.05) is 18.2 Å². The highest BCUT2D eigenvalue weighted by molar-refractivity contribution is 6.30. The lowest BCUT2D eigenvalue weighted by Gasteiger charge is -2.05. The molecule has 6 heteroatoms. The highest BCUT2D eigenvalue weighted by Crippen LogP contribution is 2.21. The van der Waals surface area contributed by atoms with Gasteiger partial charge in [0.15, 0.2) is 6.61 Å². The summed E-state index contributed by atoms with van der Waals surface area (Å²) >= 11 is 5.84. The van der Waals surface area contributed by atoms with Gasteiger partial charge in [0, 0.05) is 12.3 Å². The molecule has 0 unspecified atom stereocenters. The van der Waals surface area contributed by atoms with Crippen LogP contribution in [0.3, 0.4) is 0 Å². The van der Waals surface area contributed by atoms with Crippen LogP contribution in [0.1, 0.15) is 5.89 Å². The summed E-state index contributed by atoms with van der Waals surface area (Å²) in [6.07, 6.45) is 1.52. The number of nitrogens with zero attached hydrogens (tertiary/aromatic N) is 2. The molecule has 0 spiro atoms. The number of aromatic nitrogens is 2. The quantitative estimate of drug-likeness (QED) is 0.736. The van der Waals surface area contributed by atoms with E-state index < -0.39 is 0 Å². The van der Waals surface area contributed by atoms with Gasteiger partial charge in [-0.1, -0.05) is 17.7 Å². The van der Waals surface area contributed by atoms with E-state index in [2.05, 4.69) is 9.97 Å². The minimum Gasteiger partial charge on any atom is -0.497 e. The van der Waals surface area contributed by atoms with Crippen molar-refractivity contribution in [2.24, 2.45) is 0 Å². The maximum atomic E-state index is 5.84. The van der Waals surface area contributed by atoms with Crippen molar-refractivity contribution in [3.63, 3.8) is 0 Å². The largest absolute Gasteiger partial charge is 0.497 e. The van der Waals surface area contributed by atoms with Gasteiger partial charge in [-0.25, -0.2) is 9.97 Å². The van der Waals surface area contributed by atoms with Crippen molar-refractivity contribution < 1.29 is 13.9 Å². The first kappa shape index (κ1) is 12.7. The van der Waals surface area contributed by atoms with Crippen LogP contribution < -0.4 is 9.47 Å². The van der Waals surface area contributed by atoms with Crippen molar-refractivity contribution in [3.8, 4) is 11.5 Å². The molecule has 3 rings (SSSR count). The monoisotopic (exact) mass is 290 g/mol. The van der Waals surface area contributed by atoms with Crippen molar-refractivity contribution >= 4 is 22.8 Å². The summed E-state index contributed by atoms with van der Waals surface area (Å²) in [4.78, 5) is 8.31. The molecule has 102 valence electrons. The first-order valence-electron chi connectivity index (χ1n) is 5.92. The van der Waals surface area contributed by atoms with Gasteiger partial charge in [-0.15, -0.1) is 0 Å². The molecular formula is C14H11ClN2O3. The van der Waals surface area contributed by atoms with Gasteiger partial charge < -0.3 is 13.9 Å². The van der Waals surface area contributed by atoms with Crippen molar-refractivity contribution in [1.82, 2.24) is 9.97 Å². The van der Waals surface area contributed by atoms with Crippen LogP contribution in [0.2, 0.25) is 5.02 Å². The molecule has 0 saturated carbocycles. The number of hydrogen-bond donors (Lipinski definition) is 0. The number of halogens is 1. The Morgan fingerprint density at radius 3 is 2.95 bits per heavy atom. The molecule has 0 aliphatic rings. The number of pyridine rings is 1. The fourth-order valence-corrected chi connectivity index (χ4v) is 1.89. The Bertz CT molecular complexity index is 742. The summed E-state index contributed by atoms with van der Waals surface area (Å²) in [5.74, 6) is 1.85. The van der Waals surface area contributed by atoms with Gasteiger partial charge in [0.1, 0.15) is 17.0 Å². The van der Waals surface area contributed by atoms with Gasteiger partial charge >= 0.3 is 0 Å². The first-order valence-corrected chi connectivity index (χ1v) is 6.30. The lowest BCUT2D eigenvalue weighted by molar-refractivity contribution is 0.265. The zero-order valence-corrected chi connectivity index (χ0v) is 11.4. The van der Waals surface area contributed by atoms with Gasteiger partial charge in [-0.3, -0.25) is 0 Å². The number of oxazole rings is 1. The lowest BCUT2D eigenvalue weighted by Crippen LogP contribution is -1.95. The Labute approximate surface area is 120 Å². The average Bonchev–Trinajstić information content (AvgIpc) is 2.87. The molecule has 0 fully saturated rings. The molecular weight excluding hydrogens is 280 g/mol. The van der Waals surface area contributed by atoms with Crippen LogP contribution in [0.15, 0.2) is 40.9 Å². The lowest BCUT2D eigenvalue weighted by atomic mass is 10.3. The van der Waals surface area contributed by atoms with Crippen molar-refractivity contribution in [1.29, 1.82) is 0 Å². The zero-order chi connectivity index (χ0) is 13.9.